The van der Waals surface area contributed by atoms with E-state index in [-0.39, 0.29) is 11.8 Å². The molecule has 0 bridgehead atoms. The van der Waals surface area contributed by atoms with Gasteiger partial charge in [-0.1, -0.05) is 12.1 Å². The maximum Gasteiger partial charge on any atom is 0.319 e. The van der Waals surface area contributed by atoms with Crippen LogP contribution in [0.4, 0.5) is 14.9 Å². The first-order chi connectivity index (χ1) is 13.1. The number of hydrogen-bond acceptors (Lipinski definition) is 3. The maximum atomic E-state index is 13.0. The van der Waals surface area contributed by atoms with Gasteiger partial charge in [0.15, 0.2) is 0 Å². The molecule has 0 aliphatic carbocycles. The zero-order chi connectivity index (χ0) is 19.1. The molecule has 1 saturated heterocycles. The summed E-state index contributed by atoms with van der Waals surface area (Å²) in [6.07, 6.45) is 2.09. The number of hydrogen-bond donors (Lipinski definition) is 2. The highest BCUT2D eigenvalue weighted by Crippen LogP contribution is 2.19. The normalized spacial score (nSPS) is 15.3. The Bertz CT molecular complexity index is 726. The highest BCUT2D eigenvalue weighted by atomic mass is 19.1. The zero-order valence-electron chi connectivity index (χ0n) is 15.6. The van der Waals surface area contributed by atoms with E-state index in [1.807, 2.05) is 36.4 Å². The SMILES string of the molecule is COc1ccc(NC(=O)NCC2CCN(Cc3ccc(F)cc3)CC2)cc1. The molecule has 0 atom stereocenters. The molecule has 0 spiro atoms. The number of halogens is 1. The van der Waals surface area contributed by atoms with Gasteiger partial charge in [0.2, 0.25) is 0 Å². The second-order valence-corrected chi connectivity index (χ2v) is 6.91. The van der Waals surface area contributed by atoms with E-state index in [2.05, 4.69) is 15.5 Å². The van der Waals surface area contributed by atoms with Crippen LogP contribution in [0.5, 0.6) is 5.75 Å². The van der Waals surface area contributed by atoms with Gasteiger partial charge in [-0.15, -0.1) is 0 Å². The van der Waals surface area contributed by atoms with Crippen LogP contribution in [0.2, 0.25) is 0 Å². The number of carbonyl (C=O) groups excluding carboxylic acids is 1. The summed E-state index contributed by atoms with van der Waals surface area (Å²) in [4.78, 5) is 14.4. The molecule has 3 rings (SSSR count). The minimum atomic E-state index is -0.198. The predicted octanol–water partition coefficient (Wildman–Crippen LogP) is 3.87. The van der Waals surface area contributed by atoms with E-state index in [4.69, 9.17) is 4.74 Å². The summed E-state index contributed by atoms with van der Waals surface area (Å²) in [6.45, 7) is 3.50. The summed E-state index contributed by atoms with van der Waals surface area (Å²) in [5.74, 6) is 1.04. The zero-order valence-corrected chi connectivity index (χ0v) is 15.6. The maximum absolute atomic E-state index is 13.0. The standard InChI is InChI=1S/C21H26FN3O2/c1-27-20-8-6-19(7-9-20)24-21(26)23-14-16-10-12-25(13-11-16)15-17-2-4-18(22)5-3-17/h2-9,16H,10-15H2,1H3,(H2,23,24,26). The number of nitrogens with one attached hydrogen (secondary N) is 2. The van der Waals surface area contributed by atoms with Crippen molar-refractivity contribution in [3.05, 3.63) is 59.9 Å². The Balaban J connectivity index is 1.36. The number of amides is 2. The first-order valence-corrected chi connectivity index (χ1v) is 9.28. The van der Waals surface area contributed by atoms with Crippen LogP contribution in [-0.2, 0) is 6.54 Å². The number of benzene rings is 2. The van der Waals surface area contributed by atoms with Crippen molar-refractivity contribution in [2.75, 3.05) is 32.1 Å². The first kappa shape index (κ1) is 19.2. The number of anilines is 1. The van der Waals surface area contributed by atoms with E-state index in [0.29, 0.717) is 12.5 Å². The molecule has 2 amide bonds. The van der Waals surface area contributed by atoms with Crippen LogP contribution >= 0.6 is 0 Å². The van der Waals surface area contributed by atoms with Crippen molar-refractivity contribution in [2.45, 2.75) is 19.4 Å². The van der Waals surface area contributed by atoms with Crippen molar-refractivity contribution in [2.24, 2.45) is 5.92 Å². The molecular formula is C21H26FN3O2. The van der Waals surface area contributed by atoms with Gasteiger partial charge in [0.05, 0.1) is 7.11 Å². The van der Waals surface area contributed by atoms with Gasteiger partial charge in [0.25, 0.3) is 0 Å². The molecule has 6 heteroatoms. The molecule has 2 aromatic carbocycles. The number of rotatable bonds is 6. The molecule has 2 aromatic rings. The van der Waals surface area contributed by atoms with Crippen molar-refractivity contribution in [3.63, 3.8) is 0 Å². The highest BCUT2D eigenvalue weighted by Gasteiger charge is 2.19. The van der Waals surface area contributed by atoms with Crippen LogP contribution < -0.4 is 15.4 Å². The van der Waals surface area contributed by atoms with Crippen molar-refractivity contribution in [1.82, 2.24) is 10.2 Å². The van der Waals surface area contributed by atoms with Gasteiger partial charge in [-0.05, 0) is 73.8 Å². The molecule has 0 unspecified atom stereocenters. The fourth-order valence-corrected chi connectivity index (χ4v) is 3.28. The van der Waals surface area contributed by atoms with Gasteiger partial charge >= 0.3 is 6.03 Å². The molecule has 1 aliphatic heterocycles. The van der Waals surface area contributed by atoms with Crippen LogP contribution in [0.1, 0.15) is 18.4 Å². The van der Waals surface area contributed by atoms with Crippen molar-refractivity contribution < 1.29 is 13.9 Å². The van der Waals surface area contributed by atoms with Gasteiger partial charge in [0.1, 0.15) is 11.6 Å². The van der Waals surface area contributed by atoms with Crippen molar-refractivity contribution in [1.29, 1.82) is 0 Å². The van der Waals surface area contributed by atoms with E-state index in [1.165, 1.54) is 12.1 Å². The van der Waals surface area contributed by atoms with Crippen LogP contribution in [0.25, 0.3) is 0 Å². The Morgan fingerprint density at radius 2 is 1.78 bits per heavy atom. The summed E-state index contributed by atoms with van der Waals surface area (Å²) >= 11 is 0. The third-order valence-corrected chi connectivity index (χ3v) is 4.93. The van der Waals surface area contributed by atoms with Gasteiger partial charge in [0, 0.05) is 18.8 Å². The Morgan fingerprint density at radius 1 is 1.11 bits per heavy atom. The molecule has 0 radical (unpaired) electrons. The van der Waals surface area contributed by atoms with Gasteiger partial charge in [-0.25, -0.2) is 9.18 Å². The fraction of sp³-hybridized carbons (Fsp3) is 0.381. The molecule has 27 heavy (non-hydrogen) atoms. The molecule has 1 aliphatic rings. The molecule has 5 nitrogen and oxygen atoms in total. The molecule has 1 heterocycles. The number of methoxy groups -OCH3 is 1. The smallest absolute Gasteiger partial charge is 0.319 e. The number of piperidine rings is 1. The average molecular weight is 371 g/mol. The monoisotopic (exact) mass is 371 g/mol. The Morgan fingerprint density at radius 3 is 2.41 bits per heavy atom. The highest BCUT2D eigenvalue weighted by molar-refractivity contribution is 5.89. The molecule has 0 aromatic heterocycles. The molecule has 144 valence electrons. The topological polar surface area (TPSA) is 53.6 Å². The predicted molar refractivity (Wildman–Crippen MR) is 104 cm³/mol. The largest absolute Gasteiger partial charge is 0.497 e. The van der Waals surface area contributed by atoms with E-state index < -0.39 is 0 Å². The second-order valence-electron chi connectivity index (χ2n) is 6.91. The summed E-state index contributed by atoms with van der Waals surface area (Å²) in [5, 5.41) is 5.79. The van der Waals surface area contributed by atoms with Crippen LogP contribution in [0.3, 0.4) is 0 Å². The molecule has 0 saturated carbocycles. The second kappa shape index (κ2) is 9.37. The number of ether oxygens (including phenoxy) is 1. The molecule has 2 N–H and O–H groups in total. The number of carbonyl (C=O) groups is 1. The minimum absolute atomic E-state index is 0.186. The van der Waals surface area contributed by atoms with Crippen molar-refractivity contribution >= 4 is 11.7 Å². The number of urea groups is 1. The summed E-state index contributed by atoms with van der Waals surface area (Å²) in [6, 6.07) is 13.8. The van der Waals surface area contributed by atoms with E-state index in [1.54, 1.807) is 7.11 Å². The van der Waals surface area contributed by atoms with Gasteiger partial charge in [-0.2, -0.15) is 0 Å². The first-order valence-electron chi connectivity index (χ1n) is 9.28. The van der Waals surface area contributed by atoms with Gasteiger partial charge in [-0.3, -0.25) is 4.90 Å². The van der Waals surface area contributed by atoms with E-state index in [0.717, 1.165) is 49.5 Å². The third-order valence-electron chi connectivity index (χ3n) is 4.93. The summed E-state index contributed by atoms with van der Waals surface area (Å²) < 4.78 is 18.1. The molecular weight excluding hydrogens is 345 g/mol. The average Bonchev–Trinajstić information content (AvgIpc) is 2.70. The minimum Gasteiger partial charge on any atom is -0.497 e. The summed E-state index contributed by atoms with van der Waals surface area (Å²) in [7, 11) is 1.61. The summed E-state index contributed by atoms with van der Waals surface area (Å²) in [5.41, 5.74) is 1.87. The number of nitrogens with zero attached hydrogens (tertiary/aromatic N) is 1. The van der Waals surface area contributed by atoms with Crippen LogP contribution in [0.15, 0.2) is 48.5 Å². The fourth-order valence-electron chi connectivity index (χ4n) is 3.28. The van der Waals surface area contributed by atoms with Gasteiger partial charge < -0.3 is 15.4 Å². The lowest BCUT2D eigenvalue weighted by Crippen LogP contribution is -2.39. The number of likely N-dealkylation sites (tertiary alicyclic amines) is 1. The quantitative estimate of drug-likeness (QED) is 0.811. The molecule has 1 fully saturated rings. The van der Waals surface area contributed by atoms with Crippen LogP contribution in [0, 0.1) is 11.7 Å². The lowest BCUT2D eigenvalue weighted by molar-refractivity contribution is 0.175. The van der Waals surface area contributed by atoms with E-state index in [9.17, 15) is 9.18 Å². The Kier molecular flexibility index (Phi) is 6.65. The van der Waals surface area contributed by atoms with Crippen LogP contribution in [-0.4, -0.2) is 37.7 Å². The lowest BCUT2D eigenvalue weighted by Gasteiger charge is -2.32. The lowest BCUT2D eigenvalue weighted by atomic mass is 9.96. The Labute approximate surface area is 159 Å². The Hall–Kier alpha value is -2.60. The van der Waals surface area contributed by atoms with Crippen molar-refractivity contribution in [3.8, 4) is 5.75 Å². The van der Waals surface area contributed by atoms with E-state index >= 15 is 0 Å². The third kappa shape index (κ3) is 5.96.